The van der Waals surface area contributed by atoms with E-state index in [-0.39, 0.29) is 0 Å². The molecule has 348 valence electrons. The Morgan fingerprint density at radius 1 is 0.433 bits per heavy atom. The van der Waals surface area contributed by atoms with Crippen LogP contribution >= 0.6 is 0 Å². The molecule has 4 heterocycles. The highest BCUT2D eigenvalue weighted by Crippen LogP contribution is 2.58. The van der Waals surface area contributed by atoms with E-state index in [4.69, 9.17) is 23.7 Å². The number of aliphatic hydroxyl groups is 1. The second kappa shape index (κ2) is 15.3. The summed E-state index contributed by atoms with van der Waals surface area (Å²) in [7, 11) is 0. The van der Waals surface area contributed by atoms with Gasteiger partial charge in [0.05, 0.1) is 27.8 Å². The molecule has 0 saturated carbocycles. The molecule has 5 aromatic rings. The topological polar surface area (TPSA) is 455 Å². The molecule has 67 heavy (non-hydrogen) atoms. The summed E-state index contributed by atoms with van der Waals surface area (Å²) in [4.78, 5) is 70.9. The molecule has 0 saturated heterocycles. The van der Waals surface area contributed by atoms with E-state index < -0.39 is 209 Å². The predicted molar refractivity (Wildman–Crippen MR) is 207 cm³/mol. The summed E-state index contributed by atoms with van der Waals surface area (Å²) in [5, 5.41) is 172. The fraction of sp³-hybridized carbons (Fsp3) is 0.146. The molecule has 0 fully saturated rings. The van der Waals surface area contributed by atoms with E-state index in [2.05, 4.69) is 0 Å². The number of phenols is 15. The van der Waals surface area contributed by atoms with Gasteiger partial charge in [0.1, 0.15) is 12.7 Å². The van der Waals surface area contributed by atoms with Crippen molar-refractivity contribution in [2.24, 2.45) is 0 Å². The first-order valence-corrected chi connectivity index (χ1v) is 18.6. The molecule has 26 heteroatoms. The van der Waals surface area contributed by atoms with Gasteiger partial charge in [-0.3, -0.25) is 0 Å². The number of cyclic esters (lactones) is 2. The highest BCUT2D eigenvalue weighted by Gasteiger charge is 2.54. The van der Waals surface area contributed by atoms with Gasteiger partial charge in [-0.05, 0) is 30.3 Å². The van der Waals surface area contributed by atoms with Crippen molar-refractivity contribution in [3.63, 3.8) is 0 Å². The van der Waals surface area contributed by atoms with Crippen molar-refractivity contribution >= 4 is 29.8 Å². The molecule has 0 aromatic heterocycles. The zero-order valence-corrected chi connectivity index (χ0v) is 32.7. The van der Waals surface area contributed by atoms with Gasteiger partial charge in [-0.15, -0.1) is 0 Å². The van der Waals surface area contributed by atoms with Gasteiger partial charge in [0, 0.05) is 27.8 Å². The molecule has 26 nitrogen and oxygen atoms in total. The Morgan fingerprint density at radius 2 is 0.836 bits per heavy atom. The monoisotopic (exact) mass is 936 g/mol. The first-order chi connectivity index (χ1) is 31.5. The van der Waals surface area contributed by atoms with Crippen molar-refractivity contribution in [2.75, 3.05) is 6.61 Å². The maximum atomic E-state index is 14.6. The van der Waals surface area contributed by atoms with Gasteiger partial charge in [0.15, 0.2) is 87.7 Å². The number of hydrogen-bond donors (Lipinski definition) is 16. The Hall–Kier alpha value is -9.59. The molecule has 9 rings (SSSR count). The van der Waals surface area contributed by atoms with Gasteiger partial charge < -0.3 is 105 Å². The van der Waals surface area contributed by atoms with Crippen molar-refractivity contribution in [3.05, 3.63) is 63.7 Å². The van der Waals surface area contributed by atoms with Crippen LogP contribution in [0, 0.1) is 0 Å². The molecule has 0 aliphatic carbocycles. The Balaban J connectivity index is 1.42. The van der Waals surface area contributed by atoms with Crippen LogP contribution in [0.5, 0.6) is 86.2 Å². The van der Waals surface area contributed by atoms with Crippen molar-refractivity contribution in [1.29, 1.82) is 0 Å². The lowest BCUT2D eigenvalue weighted by Crippen LogP contribution is -2.56. The lowest BCUT2D eigenvalue weighted by molar-refractivity contribution is -0.154. The minimum Gasteiger partial charge on any atom is -0.504 e. The van der Waals surface area contributed by atoms with Gasteiger partial charge in [-0.1, -0.05) is 0 Å². The lowest BCUT2D eigenvalue weighted by atomic mass is 9.82. The van der Waals surface area contributed by atoms with Crippen molar-refractivity contribution in [1.82, 2.24) is 0 Å². The fourth-order valence-corrected chi connectivity index (χ4v) is 7.72. The Morgan fingerprint density at radius 3 is 1.33 bits per heavy atom. The number of rotatable bonds is 3. The van der Waals surface area contributed by atoms with Crippen LogP contribution in [0.3, 0.4) is 0 Å². The number of aromatic hydroxyl groups is 15. The number of aliphatic hydroxyl groups excluding tert-OH is 1. The number of esters is 5. The zero-order valence-electron chi connectivity index (χ0n) is 32.7. The minimum atomic E-state index is -2.79. The molecule has 5 atom stereocenters. The number of benzene rings is 5. The summed E-state index contributed by atoms with van der Waals surface area (Å²) >= 11 is 0. The summed E-state index contributed by atoms with van der Waals surface area (Å²) < 4.78 is 27.6. The third-order valence-electron chi connectivity index (χ3n) is 10.9. The van der Waals surface area contributed by atoms with E-state index >= 15 is 0 Å². The predicted octanol–water partition coefficient (Wildman–Crippen LogP) is 1.34. The quantitative estimate of drug-likeness (QED) is 0.0689. The lowest BCUT2D eigenvalue weighted by Gasteiger charge is -2.40. The smallest absolute Gasteiger partial charge is 0.339 e. The number of ether oxygens (including phenoxy) is 5. The van der Waals surface area contributed by atoms with Crippen LogP contribution in [0.15, 0.2) is 30.3 Å². The van der Waals surface area contributed by atoms with E-state index in [1.165, 1.54) is 0 Å². The number of phenolic OH excluding ortho intramolecular Hbond substituents is 15. The van der Waals surface area contributed by atoms with Crippen molar-refractivity contribution < 1.29 is 129 Å². The van der Waals surface area contributed by atoms with Crippen LogP contribution in [0.1, 0.15) is 63.5 Å². The minimum absolute atomic E-state index is 0.331. The molecular weight excluding hydrogens is 908 g/mol. The molecule has 4 bridgehead atoms. The largest absolute Gasteiger partial charge is 0.504 e. The zero-order chi connectivity index (χ0) is 49.0. The number of carbonyl (C=O) groups excluding carboxylic acids is 5. The number of fused-ring (bicyclic) bond motifs is 6. The molecule has 0 radical (unpaired) electrons. The van der Waals surface area contributed by atoms with E-state index in [1.807, 2.05) is 0 Å². The molecule has 4 aliphatic heterocycles. The van der Waals surface area contributed by atoms with Gasteiger partial charge in [0.2, 0.25) is 23.0 Å². The molecule has 4 aliphatic rings. The second-order valence-electron chi connectivity index (χ2n) is 14.7. The average molecular weight is 937 g/mol. The molecule has 0 spiro atoms. The van der Waals surface area contributed by atoms with Gasteiger partial charge in [-0.2, -0.15) is 0 Å². The van der Waals surface area contributed by atoms with Crippen LogP contribution in [0.25, 0.3) is 22.3 Å². The van der Waals surface area contributed by atoms with Crippen LogP contribution in [0.2, 0.25) is 0 Å². The molecule has 0 unspecified atom stereocenters. The highest BCUT2D eigenvalue weighted by molar-refractivity contribution is 6.11. The molecular formula is C41H28O26. The third kappa shape index (κ3) is 6.57. The standard InChI is InChI=1S/C41H28O26/c42-11-1-7(2-12(43)23(11)47)37(58)64-16-6-63-38(59)8-3-13(44)24(48)27(51)17(8)18-9(4-14(45)25(49)28(18)52)39(60)65-34(16)36-35-32(56)22-21(41(62)66-35)20(30(54)33(57)31(22)55)19-10(40(61)67-36)5-15(46)26(50)29(19)53/h1-5,16,32,34-36,42-57H,6H2/t16-,32-,34-,35-,36+/m1/s1. The van der Waals surface area contributed by atoms with Gasteiger partial charge >= 0.3 is 29.8 Å². The van der Waals surface area contributed by atoms with E-state index in [9.17, 15) is 106 Å². The first kappa shape index (κ1) is 44.0. The molecule has 0 amide bonds. The highest BCUT2D eigenvalue weighted by atomic mass is 16.6. The van der Waals surface area contributed by atoms with Crippen LogP contribution in [0.4, 0.5) is 0 Å². The van der Waals surface area contributed by atoms with E-state index in [0.29, 0.717) is 30.3 Å². The summed E-state index contributed by atoms with van der Waals surface area (Å²) in [6, 6.07) is 2.15. The first-order valence-electron chi connectivity index (χ1n) is 18.6. The maximum absolute atomic E-state index is 14.6. The van der Waals surface area contributed by atoms with Crippen LogP contribution < -0.4 is 0 Å². The SMILES string of the molecule is O=C(O[C@@H]1COC(=O)c2cc(O)c(O)c(O)c2-c2c(cc(O)c(O)c2O)C(=O)O[C@H]1[C@@H]1OC(=O)c2cc(O)c(O)c(O)c2-c2c(O)c(O)c(O)c3c2C(=O)O[C@@H]1[C@@H]3O)c1cc(O)c(O)c(O)c1. The van der Waals surface area contributed by atoms with Crippen molar-refractivity contribution in [3.8, 4) is 108 Å². The molecule has 5 aromatic carbocycles. The number of hydrogen-bond acceptors (Lipinski definition) is 26. The normalized spacial score (nSPS) is 19.9. The van der Waals surface area contributed by atoms with Crippen LogP contribution in [-0.2, 0) is 23.7 Å². The molecule has 16 N–H and O–H groups in total. The fourth-order valence-electron chi connectivity index (χ4n) is 7.72. The average Bonchev–Trinajstić information content (AvgIpc) is 3.29. The number of carbonyl (C=O) groups is 5. The van der Waals surface area contributed by atoms with Crippen LogP contribution in [-0.4, -0.2) is 143 Å². The summed E-state index contributed by atoms with van der Waals surface area (Å²) in [5.41, 5.74) is -11.0. The van der Waals surface area contributed by atoms with Crippen molar-refractivity contribution in [2.45, 2.75) is 30.5 Å². The summed E-state index contributed by atoms with van der Waals surface area (Å²) in [6.45, 7) is -1.50. The Bertz CT molecular complexity index is 3060. The third-order valence-corrected chi connectivity index (χ3v) is 10.9. The second-order valence-corrected chi connectivity index (χ2v) is 14.7. The summed E-state index contributed by atoms with van der Waals surface area (Å²) in [5.74, 6) is -29.6. The van der Waals surface area contributed by atoms with E-state index in [1.54, 1.807) is 0 Å². The Labute approximate surface area is 368 Å². The van der Waals surface area contributed by atoms with Gasteiger partial charge in [0.25, 0.3) is 0 Å². The Kier molecular flexibility index (Phi) is 10.1. The van der Waals surface area contributed by atoms with E-state index in [0.717, 1.165) is 0 Å². The summed E-state index contributed by atoms with van der Waals surface area (Å²) in [6.07, 6.45) is -13.4. The maximum Gasteiger partial charge on any atom is 0.339 e. The van der Waals surface area contributed by atoms with Gasteiger partial charge in [-0.25, -0.2) is 24.0 Å².